The number of anilines is 1. The first-order chi connectivity index (χ1) is 24.7. The van der Waals surface area contributed by atoms with E-state index in [0.29, 0.717) is 18.9 Å². The zero-order valence-corrected chi connectivity index (χ0v) is 31.0. The molecule has 5 rings (SSSR count). The largest absolute Gasteiger partial charge is 0.494 e. The highest BCUT2D eigenvalue weighted by molar-refractivity contribution is 7.99. The first-order valence-corrected chi connectivity index (χ1v) is 20.1. The number of aromatic nitrogens is 1. The highest BCUT2D eigenvalue weighted by atomic mass is 32.2. The van der Waals surface area contributed by atoms with E-state index in [2.05, 4.69) is 76.4 Å². The molecular formula is C43H57N3O3S. The highest BCUT2D eigenvalue weighted by Gasteiger charge is 2.22. The molecule has 50 heavy (non-hydrogen) atoms. The topological polar surface area (TPSA) is 54.9 Å². The number of hydrogen-bond acceptors (Lipinski definition) is 7. The van der Waals surface area contributed by atoms with E-state index in [9.17, 15) is 4.79 Å². The molecule has 7 heteroatoms. The fourth-order valence-corrected chi connectivity index (χ4v) is 7.70. The summed E-state index contributed by atoms with van der Waals surface area (Å²) < 4.78 is 11.7. The predicted octanol–water partition coefficient (Wildman–Crippen LogP) is 10.4. The number of carbonyl (C=O) groups excluding carboxylic acids is 1. The minimum absolute atomic E-state index is 0.213. The Labute approximate surface area is 305 Å². The molecule has 0 aliphatic carbocycles. The molecule has 2 aromatic carbocycles. The van der Waals surface area contributed by atoms with E-state index in [4.69, 9.17) is 9.47 Å². The van der Waals surface area contributed by atoms with Crippen molar-refractivity contribution in [3.63, 3.8) is 0 Å². The van der Waals surface area contributed by atoms with Gasteiger partial charge >= 0.3 is 5.97 Å². The molecule has 0 radical (unpaired) electrons. The van der Waals surface area contributed by atoms with Crippen LogP contribution in [0.4, 0.5) is 5.69 Å². The van der Waals surface area contributed by atoms with Crippen LogP contribution in [0.2, 0.25) is 0 Å². The van der Waals surface area contributed by atoms with Crippen molar-refractivity contribution in [2.24, 2.45) is 0 Å². The van der Waals surface area contributed by atoms with E-state index in [0.717, 1.165) is 107 Å². The van der Waals surface area contributed by atoms with Crippen molar-refractivity contribution in [2.75, 3.05) is 50.0 Å². The summed E-state index contributed by atoms with van der Waals surface area (Å²) >= 11 is 2.00. The van der Waals surface area contributed by atoms with Crippen molar-refractivity contribution in [3.05, 3.63) is 90.6 Å². The first kappa shape index (κ1) is 37.7. The Morgan fingerprint density at radius 1 is 0.840 bits per heavy atom. The third kappa shape index (κ3) is 12.6. The molecule has 268 valence electrons. The zero-order valence-electron chi connectivity index (χ0n) is 30.2. The Hall–Kier alpha value is -3.55. The lowest BCUT2D eigenvalue weighted by molar-refractivity contribution is -0.134. The molecule has 1 saturated heterocycles. The molecule has 0 spiro atoms. The van der Waals surface area contributed by atoms with E-state index in [1.165, 1.54) is 35.6 Å². The second-order valence-corrected chi connectivity index (χ2v) is 14.5. The van der Waals surface area contributed by atoms with Gasteiger partial charge in [-0.05, 0) is 100 Å². The van der Waals surface area contributed by atoms with Crippen LogP contribution in [0.5, 0.6) is 11.6 Å². The Bertz CT molecular complexity index is 1560. The average Bonchev–Trinajstić information content (AvgIpc) is 3.63. The summed E-state index contributed by atoms with van der Waals surface area (Å²) in [7, 11) is 0. The van der Waals surface area contributed by atoms with Gasteiger partial charge in [-0.2, -0.15) is 0 Å². The van der Waals surface area contributed by atoms with E-state index < -0.39 is 0 Å². The molecule has 2 aliphatic heterocycles. The molecule has 0 atom stereocenters. The fraction of sp³-hybridized carbons (Fsp3) is 0.488. The van der Waals surface area contributed by atoms with Gasteiger partial charge in [0.2, 0.25) is 5.88 Å². The number of pyridine rings is 1. The van der Waals surface area contributed by atoms with E-state index in [1.807, 2.05) is 36.0 Å². The lowest BCUT2D eigenvalue weighted by atomic mass is 10.1. The van der Waals surface area contributed by atoms with Gasteiger partial charge < -0.3 is 14.4 Å². The Balaban J connectivity index is 0.910. The summed E-state index contributed by atoms with van der Waals surface area (Å²) in [5, 5.41) is 1.00. The highest BCUT2D eigenvalue weighted by Crippen LogP contribution is 2.37. The minimum Gasteiger partial charge on any atom is -0.494 e. The van der Waals surface area contributed by atoms with E-state index in [-0.39, 0.29) is 5.97 Å². The second kappa shape index (κ2) is 21.6. The summed E-state index contributed by atoms with van der Waals surface area (Å²) in [5.74, 6) is 2.17. The predicted molar refractivity (Wildman–Crippen MR) is 211 cm³/mol. The molecule has 6 nitrogen and oxygen atoms in total. The van der Waals surface area contributed by atoms with Crippen LogP contribution < -0.4 is 14.4 Å². The van der Waals surface area contributed by atoms with Crippen LogP contribution in [0, 0.1) is 0 Å². The molecule has 2 aliphatic rings. The number of nitrogens with zero attached hydrogens (tertiary/aromatic N) is 3. The van der Waals surface area contributed by atoms with Gasteiger partial charge in [0.25, 0.3) is 0 Å². The van der Waals surface area contributed by atoms with Gasteiger partial charge in [0.1, 0.15) is 5.75 Å². The molecule has 1 aromatic heterocycles. The summed E-state index contributed by atoms with van der Waals surface area (Å²) in [5.41, 5.74) is 3.80. The van der Waals surface area contributed by atoms with Gasteiger partial charge in [0.05, 0.1) is 12.1 Å². The summed E-state index contributed by atoms with van der Waals surface area (Å²) in [6, 6.07) is 16.5. The molecular weight excluding hydrogens is 639 g/mol. The third-order valence-electron chi connectivity index (χ3n) is 9.46. The monoisotopic (exact) mass is 695 g/mol. The van der Waals surface area contributed by atoms with Crippen LogP contribution in [-0.2, 0) is 11.2 Å². The third-order valence-corrected chi connectivity index (χ3v) is 10.6. The van der Waals surface area contributed by atoms with Crippen molar-refractivity contribution in [2.45, 2.75) is 95.3 Å². The Kier molecular flexibility index (Phi) is 16.3. The van der Waals surface area contributed by atoms with Crippen LogP contribution in [-0.4, -0.2) is 60.9 Å². The maximum Gasteiger partial charge on any atom is 0.312 e. The van der Waals surface area contributed by atoms with Crippen LogP contribution in [0.15, 0.2) is 89.9 Å². The minimum atomic E-state index is -0.213. The van der Waals surface area contributed by atoms with Gasteiger partial charge in [-0.15, -0.1) is 11.8 Å². The van der Waals surface area contributed by atoms with Crippen LogP contribution >= 0.6 is 11.8 Å². The number of rotatable bonds is 21. The zero-order chi connectivity index (χ0) is 34.6. The summed E-state index contributed by atoms with van der Waals surface area (Å²) in [6.45, 7) is 8.40. The second-order valence-electron chi connectivity index (χ2n) is 13.3. The van der Waals surface area contributed by atoms with E-state index in [1.54, 1.807) is 11.6 Å². The summed E-state index contributed by atoms with van der Waals surface area (Å²) in [4.78, 5) is 23.7. The van der Waals surface area contributed by atoms with Crippen molar-refractivity contribution in [1.29, 1.82) is 0 Å². The number of esters is 1. The van der Waals surface area contributed by atoms with Gasteiger partial charge in [-0.1, -0.05) is 68.7 Å². The quantitative estimate of drug-likeness (QED) is 0.0625. The SMILES string of the molecule is CC/C=C\C/C=C\C/C=C\CCCCCCCC(=O)Oc1ccc2ccc(OCCCCN3CCN(c4cccc5c4CCS5)CC3)cc2n1. The molecule has 0 N–H and O–H groups in total. The Morgan fingerprint density at radius 3 is 2.48 bits per heavy atom. The molecule has 1 fully saturated rings. The first-order valence-electron chi connectivity index (χ1n) is 19.1. The smallest absolute Gasteiger partial charge is 0.312 e. The van der Waals surface area contributed by atoms with Crippen LogP contribution in [0.3, 0.4) is 0 Å². The van der Waals surface area contributed by atoms with Crippen molar-refractivity contribution >= 4 is 34.3 Å². The standard InChI is InChI=1S/C43H57N3O3S/c1-2-3-4-5-6-7-8-9-10-11-12-13-14-15-16-22-43(47)49-42-26-24-36-23-25-37(35-39(36)44-42)48-33-18-17-28-45-29-31-46(32-30-45)40-20-19-21-41-38(40)27-34-50-41/h3-4,6-7,9-10,19-21,23-26,35H,2,5,8,11-18,22,27-34H2,1H3/b4-3-,7-6-,10-9-. The number of fused-ring (bicyclic) bond motifs is 2. The molecule has 0 saturated carbocycles. The maximum atomic E-state index is 12.5. The number of piperazine rings is 1. The van der Waals surface area contributed by atoms with Gasteiger partial charge in [0, 0.05) is 66.5 Å². The number of allylic oxidation sites excluding steroid dienone is 6. The molecule has 0 unspecified atom stereocenters. The number of thioether (sulfide) groups is 1. The lowest BCUT2D eigenvalue weighted by Gasteiger charge is -2.37. The van der Waals surface area contributed by atoms with Crippen molar-refractivity contribution < 1.29 is 14.3 Å². The van der Waals surface area contributed by atoms with Crippen LogP contribution in [0.1, 0.15) is 89.5 Å². The average molecular weight is 696 g/mol. The molecule has 3 heterocycles. The fourth-order valence-electron chi connectivity index (χ4n) is 6.62. The number of carbonyl (C=O) groups is 1. The number of benzene rings is 2. The number of unbranched alkanes of at least 4 members (excludes halogenated alkanes) is 6. The molecule has 3 aromatic rings. The van der Waals surface area contributed by atoms with E-state index >= 15 is 0 Å². The van der Waals surface area contributed by atoms with Gasteiger partial charge in [-0.3, -0.25) is 9.69 Å². The molecule has 0 bridgehead atoms. The van der Waals surface area contributed by atoms with Crippen LogP contribution in [0.25, 0.3) is 10.9 Å². The summed E-state index contributed by atoms with van der Waals surface area (Å²) in [6.07, 6.45) is 26.9. The van der Waals surface area contributed by atoms with Gasteiger partial charge in [-0.25, -0.2) is 4.98 Å². The normalized spacial score (nSPS) is 15.2. The number of hydrogen-bond donors (Lipinski definition) is 0. The number of ether oxygens (including phenoxy) is 2. The van der Waals surface area contributed by atoms with Gasteiger partial charge in [0.15, 0.2) is 0 Å². The Morgan fingerprint density at radius 2 is 1.62 bits per heavy atom. The maximum absolute atomic E-state index is 12.5. The van der Waals surface area contributed by atoms with Crippen molar-refractivity contribution in [1.82, 2.24) is 9.88 Å². The molecule has 0 amide bonds. The van der Waals surface area contributed by atoms with Crippen molar-refractivity contribution in [3.8, 4) is 11.6 Å². The lowest BCUT2D eigenvalue weighted by Crippen LogP contribution is -2.47.